The molecule has 2 heterocycles. The third-order valence-electron chi connectivity index (χ3n) is 4.58. The van der Waals surface area contributed by atoms with Crippen LogP contribution in [-0.4, -0.2) is 54.6 Å². The molecule has 1 saturated heterocycles. The van der Waals surface area contributed by atoms with Crippen LogP contribution in [0.5, 0.6) is 0 Å². The summed E-state index contributed by atoms with van der Waals surface area (Å²) >= 11 is 0. The fourth-order valence-corrected chi connectivity index (χ4v) is 3.39. The highest BCUT2D eigenvalue weighted by molar-refractivity contribution is 5.94. The van der Waals surface area contributed by atoms with Gasteiger partial charge in [-0.15, -0.1) is 0 Å². The Bertz CT molecular complexity index is 733. The average molecular weight is 374 g/mol. The van der Waals surface area contributed by atoms with Crippen molar-refractivity contribution in [3.63, 3.8) is 0 Å². The van der Waals surface area contributed by atoms with Gasteiger partial charge in [-0.2, -0.15) is 0 Å². The van der Waals surface area contributed by atoms with E-state index in [9.17, 15) is 9.18 Å². The first kappa shape index (κ1) is 19.6. The Hall–Kier alpha value is -2.18. The summed E-state index contributed by atoms with van der Waals surface area (Å²) in [5, 5.41) is 0. The number of halogens is 1. The predicted molar refractivity (Wildman–Crippen MR) is 101 cm³/mol. The number of amides is 1. The monoisotopic (exact) mass is 374 g/mol. The van der Waals surface area contributed by atoms with E-state index < -0.39 is 5.82 Å². The Morgan fingerprint density at radius 3 is 2.81 bits per heavy atom. The summed E-state index contributed by atoms with van der Waals surface area (Å²) in [5.41, 5.74) is 0.112. The zero-order chi connectivity index (χ0) is 19.2. The highest BCUT2D eigenvalue weighted by atomic mass is 19.1. The molecule has 146 valence electrons. The zero-order valence-electron chi connectivity index (χ0n) is 15.9. The lowest BCUT2D eigenvalue weighted by Crippen LogP contribution is -2.49. The molecule has 1 fully saturated rings. The van der Waals surface area contributed by atoms with Gasteiger partial charge in [0.25, 0.3) is 5.91 Å². The van der Waals surface area contributed by atoms with Crippen molar-refractivity contribution >= 4 is 5.91 Å². The van der Waals surface area contributed by atoms with Gasteiger partial charge in [0.2, 0.25) is 0 Å². The van der Waals surface area contributed by atoms with E-state index in [2.05, 4.69) is 4.90 Å². The van der Waals surface area contributed by atoms with Gasteiger partial charge in [-0.3, -0.25) is 9.69 Å². The molecule has 5 nitrogen and oxygen atoms in total. The SMILES string of the molecule is CC(C)CN(C[C@H]1CN(Cc2ccco2)CCO1)C(=O)c1ccccc1F. The smallest absolute Gasteiger partial charge is 0.256 e. The lowest BCUT2D eigenvalue weighted by molar-refractivity contribution is -0.0453. The normalized spacial score (nSPS) is 18.0. The van der Waals surface area contributed by atoms with Gasteiger partial charge in [-0.1, -0.05) is 26.0 Å². The molecule has 0 spiro atoms. The predicted octanol–water partition coefficient (Wildman–Crippen LogP) is 3.42. The first-order chi connectivity index (χ1) is 13.0. The van der Waals surface area contributed by atoms with E-state index in [1.165, 1.54) is 12.1 Å². The minimum absolute atomic E-state index is 0.108. The maximum Gasteiger partial charge on any atom is 0.256 e. The van der Waals surface area contributed by atoms with E-state index in [1.807, 2.05) is 26.0 Å². The first-order valence-corrected chi connectivity index (χ1v) is 9.43. The summed E-state index contributed by atoms with van der Waals surface area (Å²) in [6.07, 6.45) is 1.56. The zero-order valence-corrected chi connectivity index (χ0v) is 15.9. The highest BCUT2D eigenvalue weighted by Crippen LogP contribution is 2.16. The van der Waals surface area contributed by atoms with Crippen molar-refractivity contribution in [3.8, 4) is 0 Å². The van der Waals surface area contributed by atoms with Gasteiger partial charge in [0, 0.05) is 26.2 Å². The third kappa shape index (κ3) is 5.40. The van der Waals surface area contributed by atoms with Crippen LogP contribution in [0.15, 0.2) is 47.1 Å². The van der Waals surface area contributed by atoms with Crippen LogP contribution < -0.4 is 0 Å². The van der Waals surface area contributed by atoms with E-state index in [-0.39, 0.29) is 23.5 Å². The van der Waals surface area contributed by atoms with E-state index in [0.717, 1.165) is 18.8 Å². The molecule has 1 aromatic carbocycles. The van der Waals surface area contributed by atoms with Crippen molar-refractivity contribution < 1.29 is 18.3 Å². The summed E-state index contributed by atoms with van der Waals surface area (Å²) in [4.78, 5) is 16.9. The van der Waals surface area contributed by atoms with Crippen LogP contribution in [0.1, 0.15) is 30.0 Å². The second-order valence-corrected chi connectivity index (χ2v) is 7.39. The van der Waals surface area contributed by atoms with Crippen molar-refractivity contribution in [2.24, 2.45) is 5.92 Å². The van der Waals surface area contributed by atoms with Gasteiger partial charge < -0.3 is 14.1 Å². The van der Waals surface area contributed by atoms with Crippen molar-refractivity contribution in [1.82, 2.24) is 9.80 Å². The van der Waals surface area contributed by atoms with Crippen LogP contribution in [0.3, 0.4) is 0 Å². The standard InChI is InChI=1S/C21H27FN2O3/c1-16(2)12-24(21(25)19-7-3-4-8-20(19)22)15-18-14-23(9-11-27-18)13-17-6-5-10-26-17/h3-8,10,16,18H,9,11-15H2,1-2H3/t18-/m1/s1. The summed E-state index contributed by atoms with van der Waals surface area (Å²) in [7, 11) is 0. The van der Waals surface area contributed by atoms with Gasteiger partial charge in [0.05, 0.1) is 31.1 Å². The maximum absolute atomic E-state index is 14.1. The lowest BCUT2D eigenvalue weighted by Gasteiger charge is -2.36. The molecule has 0 N–H and O–H groups in total. The molecule has 0 bridgehead atoms. The fraction of sp³-hybridized carbons (Fsp3) is 0.476. The Morgan fingerprint density at radius 1 is 1.30 bits per heavy atom. The van der Waals surface area contributed by atoms with Crippen LogP contribution in [0.25, 0.3) is 0 Å². The molecule has 2 aromatic rings. The average Bonchev–Trinajstić information content (AvgIpc) is 3.14. The molecular weight excluding hydrogens is 347 g/mol. The molecule has 1 amide bonds. The third-order valence-corrected chi connectivity index (χ3v) is 4.58. The number of hydrogen-bond acceptors (Lipinski definition) is 4. The highest BCUT2D eigenvalue weighted by Gasteiger charge is 2.27. The Kier molecular flexibility index (Phi) is 6.63. The quantitative estimate of drug-likeness (QED) is 0.745. The number of carbonyl (C=O) groups excluding carboxylic acids is 1. The number of rotatable bonds is 7. The minimum Gasteiger partial charge on any atom is -0.468 e. The first-order valence-electron chi connectivity index (χ1n) is 9.43. The maximum atomic E-state index is 14.1. The van der Waals surface area contributed by atoms with E-state index in [4.69, 9.17) is 9.15 Å². The lowest BCUT2D eigenvalue weighted by atomic mass is 10.1. The number of ether oxygens (including phenoxy) is 1. The number of nitrogens with zero attached hydrogens (tertiary/aromatic N) is 2. The number of furan rings is 1. The molecule has 3 rings (SSSR count). The van der Waals surface area contributed by atoms with Gasteiger partial charge >= 0.3 is 0 Å². The van der Waals surface area contributed by atoms with Gasteiger partial charge in [0.1, 0.15) is 11.6 Å². The number of hydrogen-bond donors (Lipinski definition) is 0. The van der Waals surface area contributed by atoms with Crippen LogP contribution in [-0.2, 0) is 11.3 Å². The van der Waals surface area contributed by atoms with Crippen molar-refractivity contribution in [2.75, 3.05) is 32.8 Å². The van der Waals surface area contributed by atoms with Crippen molar-refractivity contribution in [2.45, 2.75) is 26.5 Å². The molecule has 1 aliphatic heterocycles. The molecule has 0 unspecified atom stereocenters. The molecule has 1 atom stereocenters. The van der Waals surface area contributed by atoms with Crippen LogP contribution >= 0.6 is 0 Å². The van der Waals surface area contributed by atoms with Crippen LogP contribution in [0.4, 0.5) is 4.39 Å². The summed E-state index contributed by atoms with van der Waals surface area (Å²) in [6, 6.07) is 9.97. The minimum atomic E-state index is -0.486. The van der Waals surface area contributed by atoms with Gasteiger partial charge in [0.15, 0.2) is 0 Å². The number of morpholine rings is 1. The molecule has 1 aliphatic rings. The Morgan fingerprint density at radius 2 is 2.11 bits per heavy atom. The summed E-state index contributed by atoms with van der Waals surface area (Å²) < 4.78 is 25.4. The molecule has 6 heteroatoms. The van der Waals surface area contributed by atoms with Gasteiger partial charge in [-0.25, -0.2) is 4.39 Å². The number of benzene rings is 1. The topological polar surface area (TPSA) is 45.9 Å². The van der Waals surface area contributed by atoms with Crippen molar-refractivity contribution in [3.05, 3.63) is 59.8 Å². The second kappa shape index (κ2) is 9.15. The summed E-state index contributed by atoms with van der Waals surface area (Å²) in [6.45, 7) is 7.96. The van der Waals surface area contributed by atoms with Gasteiger partial charge in [-0.05, 0) is 30.2 Å². The molecule has 0 aliphatic carbocycles. The molecule has 0 saturated carbocycles. The largest absolute Gasteiger partial charge is 0.468 e. The number of carbonyl (C=O) groups is 1. The van der Waals surface area contributed by atoms with Crippen molar-refractivity contribution in [1.29, 1.82) is 0 Å². The van der Waals surface area contributed by atoms with Crippen LogP contribution in [0.2, 0.25) is 0 Å². The molecule has 27 heavy (non-hydrogen) atoms. The molecule has 1 aromatic heterocycles. The molecule has 0 radical (unpaired) electrons. The second-order valence-electron chi connectivity index (χ2n) is 7.39. The fourth-order valence-electron chi connectivity index (χ4n) is 3.39. The van der Waals surface area contributed by atoms with E-state index >= 15 is 0 Å². The van der Waals surface area contributed by atoms with E-state index in [1.54, 1.807) is 23.3 Å². The Balaban J connectivity index is 1.66. The molecular formula is C21H27FN2O3. The Labute approximate surface area is 159 Å². The van der Waals surface area contributed by atoms with E-state index in [0.29, 0.717) is 26.2 Å². The summed E-state index contributed by atoms with van der Waals surface area (Å²) in [5.74, 6) is 0.425. The van der Waals surface area contributed by atoms with Crippen LogP contribution in [0, 0.1) is 11.7 Å².